The number of aromatic nitrogens is 2. The van der Waals surface area contributed by atoms with Crippen LogP contribution in [0.25, 0.3) is 0 Å². The van der Waals surface area contributed by atoms with Crippen molar-refractivity contribution in [2.24, 2.45) is 11.8 Å². The molecule has 0 radical (unpaired) electrons. The summed E-state index contributed by atoms with van der Waals surface area (Å²) < 4.78 is 7.42. The number of nitrogens with zero attached hydrogens (tertiary/aromatic N) is 2. The van der Waals surface area contributed by atoms with Crippen molar-refractivity contribution in [3.05, 3.63) is 11.9 Å². The minimum atomic E-state index is 0.121. The monoisotopic (exact) mass is 252 g/mol. The van der Waals surface area contributed by atoms with Crippen LogP contribution in [0.5, 0.6) is 5.75 Å². The van der Waals surface area contributed by atoms with Gasteiger partial charge >= 0.3 is 0 Å². The third kappa shape index (κ3) is 2.52. The summed E-state index contributed by atoms with van der Waals surface area (Å²) in [5, 5.41) is 4.40. The molecule has 2 rings (SSSR count). The topological polar surface area (TPSA) is 65.1 Å². The minimum absolute atomic E-state index is 0.121. The summed E-state index contributed by atoms with van der Waals surface area (Å²) in [6, 6.07) is 0.427. The van der Waals surface area contributed by atoms with Gasteiger partial charge in [0.05, 0.1) is 25.0 Å². The number of nitrogens with two attached hydrogens (primary N) is 1. The Kier molecular flexibility index (Phi) is 4.24. The van der Waals surface area contributed by atoms with Crippen LogP contribution in [0.1, 0.15) is 57.3 Å². The second kappa shape index (κ2) is 5.71. The van der Waals surface area contributed by atoms with Crippen molar-refractivity contribution in [2.75, 3.05) is 7.11 Å². The molecule has 18 heavy (non-hydrogen) atoms. The van der Waals surface area contributed by atoms with Crippen molar-refractivity contribution in [1.82, 2.24) is 15.2 Å². The van der Waals surface area contributed by atoms with Crippen LogP contribution in [0.4, 0.5) is 0 Å². The van der Waals surface area contributed by atoms with Crippen molar-refractivity contribution in [3.63, 3.8) is 0 Å². The Balaban J connectivity index is 2.23. The lowest BCUT2D eigenvalue weighted by Crippen LogP contribution is -2.33. The smallest absolute Gasteiger partial charge is 0.161 e. The van der Waals surface area contributed by atoms with E-state index in [1.807, 2.05) is 4.68 Å². The van der Waals surface area contributed by atoms with E-state index < -0.39 is 0 Å². The van der Waals surface area contributed by atoms with E-state index in [1.54, 1.807) is 13.3 Å². The highest BCUT2D eigenvalue weighted by molar-refractivity contribution is 5.28. The Morgan fingerprint density at radius 1 is 1.56 bits per heavy atom. The lowest BCUT2D eigenvalue weighted by Gasteiger charge is -2.30. The molecule has 0 aromatic carbocycles. The standard InChI is InChI=1S/C13H24N4O/c1-9(2)17-13(12(18-3)8-15-17)11(16-14)7-10-5-4-6-10/h8-11,16H,4-7,14H2,1-3H3. The van der Waals surface area contributed by atoms with E-state index in [0.717, 1.165) is 23.8 Å². The third-order valence-electron chi connectivity index (χ3n) is 3.83. The van der Waals surface area contributed by atoms with Gasteiger partial charge in [-0.15, -0.1) is 0 Å². The molecular formula is C13H24N4O. The highest BCUT2D eigenvalue weighted by Gasteiger charge is 2.27. The summed E-state index contributed by atoms with van der Waals surface area (Å²) in [5.41, 5.74) is 4.00. The van der Waals surface area contributed by atoms with Gasteiger partial charge in [-0.25, -0.2) is 0 Å². The van der Waals surface area contributed by atoms with E-state index >= 15 is 0 Å². The van der Waals surface area contributed by atoms with Crippen molar-refractivity contribution in [1.29, 1.82) is 0 Å². The van der Waals surface area contributed by atoms with Crippen LogP contribution < -0.4 is 16.0 Å². The normalized spacial score (nSPS) is 17.8. The summed E-state index contributed by atoms with van der Waals surface area (Å²) in [7, 11) is 1.68. The Morgan fingerprint density at radius 3 is 2.72 bits per heavy atom. The first kappa shape index (κ1) is 13.4. The maximum Gasteiger partial charge on any atom is 0.161 e. The zero-order valence-corrected chi connectivity index (χ0v) is 11.5. The molecule has 5 nitrogen and oxygen atoms in total. The van der Waals surface area contributed by atoms with Gasteiger partial charge < -0.3 is 4.74 Å². The molecule has 5 heteroatoms. The predicted octanol–water partition coefficient (Wildman–Crippen LogP) is 2.17. The maximum atomic E-state index is 5.74. The fourth-order valence-corrected chi connectivity index (χ4v) is 2.58. The first-order chi connectivity index (χ1) is 8.67. The summed E-state index contributed by atoms with van der Waals surface area (Å²) in [5.74, 6) is 7.35. The molecule has 1 unspecified atom stereocenters. The lowest BCUT2D eigenvalue weighted by atomic mass is 9.80. The Hall–Kier alpha value is -1.07. The molecule has 1 aromatic heterocycles. The Labute approximate surface area is 109 Å². The van der Waals surface area contributed by atoms with Gasteiger partial charge in [-0.1, -0.05) is 19.3 Å². The molecular weight excluding hydrogens is 228 g/mol. The molecule has 1 fully saturated rings. The van der Waals surface area contributed by atoms with E-state index in [0.29, 0.717) is 6.04 Å². The van der Waals surface area contributed by atoms with E-state index in [-0.39, 0.29) is 6.04 Å². The summed E-state index contributed by atoms with van der Waals surface area (Å²) >= 11 is 0. The quantitative estimate of drug-likeness (QED) is 0.601. The van der Waals surface area contributed by atoms with Gasteiger partial charge in [0.2, 0.25) is 0 Å². The van der Waals surface area contributed by atoms with Crippen molar-refractivity contribution in [3.8, 4) is 5.75 Å². The van der Waals surface area contributed by atoms with Crippen molar-refractivity contribution >= 4 is 0 Å². The Bertz CT molecular complexity index is 384. The SMILES string of the molecule is COc1cnn(C(C)C)c1C(CC1CCC1)NN. The number of hydrazine groups is 1. The number of ether oxygens (including phenoxy) is 1. The second-order valence-corrected chi connectivity index (χ2v) is 5.39. The molecule has 1 saturated carbocycles. The van der Waals surface area contributed by atoms with Crippen LogP contribution in [0.3, 0.4) is 0 Å². The van der Waals surface area contributed by atoms with Gasteiger partial charge in [0.1, 0.15) is 0 Å². The molecule has 1 aliphatic rings. The number of nitrogens with one attached hydrogen (secondary N) is 1. The second-order valence-electron chi connectivity index (χ2n) is 5.39. The molecule has 0 amide bonds. The zero-order valence-electron chi connectivity index (χ0n) is 11.5. The maximum absolute atomic E-state index is 5.74. The summed E-state index contributed by atoms with van der Waals surface area (Å²) in [6.45, 7) is 4.24. The lowest BCUT2D eigenvalue weighted by molar-refractivity contribution is 0.251. The number of methoxy groups -OCH3 is 1. The van der Waals surface area contributed by atoms with Crippen LogP contribution in [0, 0.1) is 5.92 Å². The zero-order chi connectivity index (χ0) is 13.1. The van der Waals surface area contributed by atoms with E-state index in [1.165, 1.54) is 19.3 Å². The molecule has 3 N–H and O–H groups in total. The van der Waals surface area contributed by atoms with Crippen molar-refractivity contribution in [2.45, 2.75) is 51.6 Å². The average molecular weight is 252 g/mol. The highest BCUT2D eigenvalue weighted by atomic mass is 16.5. The fourth-order valence-electron chi connectivity index (χ4n) is 2.58. The molecule has 102 valence electrons. The van der Waals surface area contributed by atoms with Gasteiger partial charge in [0.25, 0.3) is 0 Å². The van der Waals surface area contributed by atoms with Gasteiger partial charge in [-0.2, -0.15) is 5.10 Å². The summed E-state index contributed by atoms with van der Waals surface area (Å²) in [6.07, 6.45) is 6.82. The molecule has 0 bridgehead atoms. The molecule has 1 aromatic rings. The van der Waals surface area contributed by atoms with E-state index in [9.17, 15) is 0 Å². The largest absolute Gasteiger partial charge is 0.493 e. The van der Waals surface area contributed by atoms with Crippen LogP contribution in [0.15, 0.2) is 6.20 Å². The highest BCUT2D eigenvalue weighted by Crippen LogP contribution is 2.37. The fraction of sp³-hybridized carbons (Fsp3) is 0.769. The first-order valence-corrected chi connectivity index (χ1v) is 6.74. The molecule has 1 heterocycles. The van der Waals surface area contributed by atoms with Gasteiger partial charge in [-0.3, -0.25) is 16.0 Å². The third-order valence-corrected chi connectivity index (χ3v) is 3.83. The van der Waals surface area contributed by atoms with Crippen molar-refractivity contribution < 1.29 is 4.74 Å². The number of hydrogen-bond donors (Lipinski definition) is 2. The van der Waals surface area contributed by atoms with Crippen LogP contribution in [0.2, 0.25) is 0 Å². The number of rotatable bonds is 6. The predicted molar refractivity (Wildman–Crippen MR) is 71.2 cm³/mol. The Morgan fingerprint density at radius 2 is 2.28 bits per heavy atom. The molecule has 1 aliphatic carbocycles. The van der Waals surface area contributed by atoms with Gasteiger partial charge in [-0.05, 0) is 26.2 Å². The van der Waals surface area contributed by atoms with Crippen LogP contribution in [-0.2, 0) is 0 Å². The number of hydrogen-bond acceptors (Lipinski definition) is 4. The molecule has 0 spiro atoms. The minimum Gasteiger partial charge on any atom is -0.493 e. The van der Waals surface area contributed by atoms with Crippen LogP contribution in [-0.4, -0.2) is 16.9 Å². The molecule has 1 atom stereocenters. The molecule has 0 saturated heterocycles. The van der Waals surface area contributed by atoms with Gasteiger partial charge in [0.15, 0.2) is 5.75 Å². The van der Waals surface area contributed by atoms with Gasteiger partial charge in [0, 0.05) is 6.04 Å². The summed E-state index contributed by atoms with van der Waals surface area (Å²) in [4.78, 5) is 0. The van der Waals surface area contributed by atoms with E-state index in [2.05, 4.69) is 24.4 Å². The molecule has 0 aliphatic heterocycles. The first-order valence-electron chi connectivity index (χ1n) is 6.74. The van der Waals surface area contributed by atoms with E-state index in [4.69, 9.17) is 10.6 Å². The average Bonchev–Trinajstić information content (AvgIpc) is 2.71. The van der Waals surface area contributed by atoms with Crippen LogP contribution >= 0.6 is 0 Å².